The highest BCUT2D eigenvalue weighted by atomic mass is 32.1. The third-order valence-corrected chi connectivity index (χ3v) is 2.97. The second-order valence-corrected chi connectivity index (χ2v) is 3.93. The number of rotatable bonds is 1. The van der Waals surface area contributed by atoms with Crippen LogP contribution in [0.15, 0.2) is 6.20 Å². The number of ketones is 1. The van der Waals surface area contributed by atoms with E-state index >= 15 is 0 Å². The summed E-state index contributed by atoms with van der Waals surface area (Å²) in [5.41, 5.74) is 0.768. The molecule has 0 saturated heterocycles. The van der Waals surface area contributed by atoms with Gasteiger partial charge in [0.1, 0.15) is 0 Å². The number of aromatic nitrogens is 1. The van der Waals surface area contributed by atoms with Gasteiger partial charge in [-0.25, -0.2) is 4.37 Å². The van der Waals surface area contributed by atoms with E-state index in [-0.39, 0.29) is 18.3 Å². The average molecular weight is 183 g/mol. The summed E-state index contributed by atoms with van der Waals surface area (Å²) >= 11 is 1.37. The Morgan fingerprint density at radius 3 is 3.25 bits per heavy atom. The molecule has 0 aromatic carbocycles. The Balaban J connectivity index is 2.32. The van der Waals surface area contributed by atoms with Gasteiger partial charge in [-0.2, -0.15) is 0 Å². The van der Waals surface area contributed by atoms with Crippen LogP contribution < -0.4 is 0 Å². The van der Waals surface area contributed by atoms with Crippen molar-refractivity contribution in [2.45, 2.75) is 12.8 Å². The summed E-state index contributed by atoms with van der Waals surface area (Å²) in [6.45, 7) is 0.100. The molecule has 1 N–H and O–H groups in total. The molecule has 0 radical (unpaired) electrons. The SMILES string of the molecule is O=C1CC(CO)Cc2sncc21. The van der Waals surface area contributed by atoms with Crippen molar-refractivity contribution < 1.29 is 9.90 Å². The molecular formula is C8H9NO2S. The van der Waals surface area contributed by atoms with E-state index in [1.807, 2.05) is 0 Å². The molecule has 0 spiro atoms. The topological polar surface area (TPSA) is 50.2 Å². The maximum atomic E-state index is 11.4. The molecular weight excluding hydrogens is 174 g/mol. The zero-order chi connectivity index (χ0) is 8.55. The highest BCUT2D eigenvalue weighted by Gasteiger charge is 2.25. The van der Waals surface area contributed by atoms with E-state index in [0.717, 1.165) is 16.9 Å². The molecule has 3 nitrogen and oxygen atoms in total. The molecule has 1 aromatic heterocycles. The quantitative estimate of drug-likeness (QED) is 0.703. The first kappa shape index (κ1) is 7.89. The van der Waals surface area contributed by atoms with E-state index in [1.54, 1.807) is 6.20 Å². The zero-order valence-electron chi connectivity index (χ0n) is 6.49. The van der Waals surface area contributed by atoms with Crippen LogP contribution in [0.2, 0.25) is 0 Å². The summed E-state index contributed by atoms with van der Waals surface area (Å²) in [6, 6.07) is 0. The fourth-order valence-electron chi connectivity index (χ4n) is 1.47. The Kier molecular flexibility index (Phi) is 1.94. The fourth-order valence-corrected chi connectivity index (χ4v) is 2.33. The second-order valence-electron chi connectivity index (χ2n) is 3.04. The van der Waals surface area contributed by atoms with Crippen molar-refractivity contribution >= 4 is 17.3 Å². The Bertz CT molecular complexity index is 308. The van der Waals surface area contributed by atoms with Gasteiger partial charge in [0.05, 0.1) is 11.8 Å². The summed E-state index contributed by atoms with van der Waals surface area (Å²) in [4.78, 5) is 12.4. The van der Waals surface area contributed by atoms with Crippen LogP contribution in [0.25, 0.3) is 0 Å². The van der Waals surface area contributed by atoms with Crippen molar-refractivity contribution in [3.05, 3.63) is 16.6 Å². The van der Waals surface area contributed by atoms with Crippen LogP contribution in [0, 0.1) is 5.92 Å². The molecule has 0 aliphatic heterocycles. The molecule has 64 valence electrons. The Hall–Kier alpha value is -0.740. The molecule has 0 bridgehead atoms. The summed E-state index contributed by atoms with van der Waals surface area (Å²) < 4.78 is 3.96. The van der Waals surface area contributed by atoms with E-state index in [2.05, 4.69) is 4.37 Å². The summed E-state index contributed by atoms with van der Waals surface area (Å²) in [5.74, 6) is 0.245. The number of carbonyl (C=O) groups excluding carboxylic acids is 1. The number of aliphatic hydroxyl groups excluding tert-OH is 1. The lowest BCUT2D eigenvalue weighted by Gasteiger charge is -2.17. The Labute approximate surface area is 74.2 Å². The largest absolute Gasteiger partial charge is 0.396 e. The van der Waals surface area contributed by atoms with Gasteiger partial charge >= 0.3 is 0 Å². The summed E-state index contributed by atoms with van der Waals surface area (Å²) in [7, 11) is 0. The molecule has 1 atom stereocenters. The molecule has 0 saturated carbocycles. The van der Waals surface area contributed by atoms with E-state index < -0.39 is 0 Å². The zero-order valence-corrected chi connectivity index (χ0v) is 7.30. The molecule has 1 aliphatic carbocycles. The molecule has 0 fully saturated rings. The van der Waals surface area contributed by atoms with Crippen molar-refractivity contribution in [3.63, 3.8) is 0 Å². The number of carbonyl (C=O) groups is 1. The first-order valence-corrected chi connectivity index (χ1v) is 4.66. The molecule has 12 heavy (non-hydrogen) atoms. The lowest BCUT2D eigenvalue weighted by molar-refractivity contribution is 0.0920. The summed E-state index contributed by atoms with van der Waals surface area (Å²) in [6.07, 6.45) is 2.92. The molecule has 4 heteroatoms. The number of aliphatic hydroxyl groups is 1. The number of hydrogen-bond acceptors (Lipinski definition) is 4. The van der Waals surface area contributed by atoms with Crippen LogP contribution in [0.1, 0.15) is 21.7 Å². The third-order valence-electron chi connectivity index (χ3n) is 2.15. The van der Waals surface area contributed by atoms with Crippen LogP contribution in [0.4, 0.5) is 0 Å². The van der Waals surface area contributed by atoms with Gasteiger partial charge in [0, 0.05) is 17.9 Å². The smallest absolute Gasteiger partial charge is 0.165 e. The standard InChI is InChI=1S/C8H9NO2S/c10-4-5-1-7(11)6-3-9-12-8(6)2-5/h3,5,10H,1-2,4H2. The van der Waals surface area contributed by atoms with Crippen molar-refractivity contribution in [3.8, 4) is 0 Å². The van der Waals surface area contributed by atoms with Gasteiger partial charge < -0.3 is 5.11 Å². The molecule has 1 aliphatic rings. The predicted octanol–water partition coefficient (Wildman–Crippen LogP) is 0.881. The first-order chi connectivity index (χ1) is 5.81. The Morgan fingerprint density at radius 2 is 2.50 bits per heavy atom. The molecule has 2 rings (SSSR count). The van der Waals surface area contributed by atoms with E-state index in [0.29, 0.717) is 6.42 Å². The van der Waals surface area contributed by atoms with Gasteiger partial charge in [0.15, 0.2) is 5.78 Å². The van der Waals surface area contributed by atoms with E-state index in [1.165, 1.54) is 11.5 Å². The molecule has 1 aromatic rings. The molecule has 1 heterocycles. The highest BCUT2D eigenvalue weighted by molar-refractivity contribution is 7.06. The van der Waals surface area contributed by atoms with E-state index in [4.69, 9.17) is 5.11 Å². The Morgan fingerprint density at radius 1 is 1.67 bits per heavy atom. The maximum Gasteiger partial charge on any atom is 0.165 e. The first-order valence-electron chi connectivity index (χ1n) is 3.89. The number of Topliss-reactive ketones (excluding diaryl/α,β-unsaturated/α-hetero) is 1. The van der Waals surface area contributed by atoms with Crippen molar-refractivity contribution in [1.29, 1.82) is 0 Å². The third kappa shape index (κ3) is 1.17. The van der Waals surface area contributed by atoms with Gasteiger partial charge in [-0.1, -0.05) is 0 Å². The van der Waals surface area contributed by atoms with Crippen molar-refractivity contribution in [1.82, 2.24) is 4.37 Å². The van der Waals surface area contributed by atoms with Gasteiger partial charge in [-0.15, -0.1) is 0 Å². The van der Waals surface area contributed by atoms with Crippen LogP contribution >= 0.6 is 11.5 Å². The van der Waals surface area contributed by atoms with Crippen LogP contribution in [0.3, 0.4) is 0 Å². The van der Waals surface area contributed by atoms with Gasteiger partial charge in [-0.3, -0.25) is 4.79 Å². The van der Waals surface area contributed by atoms with E-state index in [9.17, 15) is 4.79 Å². The number of fused-ring (bicyclic) bond motifs is 1. The molecule has 0 amide bonds. The molecule has 1 unspecified atom stereocenters. The van der Waals surface area contributed by atoms with Crippen molar-refractivity contribution in [2.75, 3.05) is 6.61 Å². The maximum absolute atomic E-state index is 11.4. The predicted molar refractivity (Wildman–Crippen MR) is 45.3 cm³/mol. The monoisotopic (exact) mass is 183 g/mol. The second kappa shape index (κ2) is 2.95. The highest BCUT2D eigenvalue weighted by Crippen LogP contribution is 2.27. The lowest BCUT2D eigenvalue weighted by atomic mass is 9.89. The lowest BCUT2D eigenvalue weighted by Crippen LogP contribution is -2.20. The van der Waals surface area contributed by atoms with Crippen LogP contribution in [0.5, 0.6) is 0 Å². The minimum absolute atomic E-state index is 0.100. The normalized spacial score (nSPS) is 22.4. The van der Waals surface area contributed by atoms with Gasteiger partial charge in [0.2, 0.25) is 0 Å². The number of hydrogen-bond donors (Lipinski definition) is 1. The van der Waals surface area contributed by atoms with Crippen LogP contribution in [-0.2, 0) is 6.42 Å². The summed E-state index contributed by atoms with van der Waals surface area (Å²) in [5, 5.41) is 8.90. The van der Waals surface area contributed by atoms with Crippen molar-refractivity contribution in [2.24, 2.45) is 5.92 Å². The minimum Gasteiger partial charge on any atom is -0.396 e. The average Bonchev–Trinajstić information content (AvgIpc) is 2.52. The van der Waals surface area contributed by atoms with Crippen LogP contribution in [-0.4, -0.2) is 21.9 Å². The van der Waals surface area contributed by atoms with Gasteiger partial charge in [-0.05, 0) is 23.9 Å². The fraction of sp³-hybridized carbons (Fsp3) is 0.500. The van der Waals surface area contributed by atoms with Gasteiger partial charge in [0.25, 0.3) is 0 Å². The minimum atomic E-state index is 0.100. The number of nitrogens with zero attached hydrogens (tertiary/aromatic N) is 1.